The summed E-state index contributed by atoms with van der Waals surface area (Å²) in [6.45, 7) is 7.07. The van der Waals surface area contributed by atoms with E-state index in [1.54, 1.807) is 38.1 Å². The minimum atomic E-state index is -0.953. The molecule has 28 heavy (non-hydrogen) atoms. The average Bonchev–Trinajstić information content (AvgIpc) is 2.63. The Labute approximate surface area is 164 Å². The molecule has 0 unspecified atom stereocenters. The second-order valence-corrected chi connectivity index (χ2v) is 6.95. The highest BCUT2D eigenvalue weighted by molar-refractivity contribution is 5.96. The number of urea groups is 2. The summed E-state index contributed by atoms with van der Waals surface area (Å²) < 4.78 is 4.93. The minimum absolute atomic E-state index is 0.235. The van der Waals surface area contributed by atoms with Crippen LogP contribution in [0.1, 0.15) is 27.7 Å². The molecule has 1 aromatic rings. The van der Waals surface area contributed by atoms with E-state index in [2.05, 4.69) is 21.3 Å². The zero-order chi connectivity index (χ0) is 21.1. The molecule has 0 saturated carbocycles. The van der Waals surface area contributed by atoms with Crippen LogP contribution < -0.4 is 21.3 Å². The third-order valence-corrected chi connectivity index (χ3v) is 3.51. The van der Waals surface area contributed by atoms with Crippen molar-refractivity contribution in [3.63, 3.8) is 0 Å². The van der Waals surface area contributed by atoms with Crippen LogP contribution in [0.25, 0.3) is 0 Å². The van der Waals surface area contributed by atoms with Crippen LogP contribution in [0.4, 0.5) is 15.3 Å². The first-order valence-electron chi connectivity index (χ1n) is 9.06. The molecule has 0 spiro atoms. The third kappa shape index (κ3) is 9.02. The van der Waals surface area contributed by atoms with Crippen molar-refractivity contribution in [1.29, 1.82) is 0 Å². The summed E-state index contributed by atoms with van der Waals surface area (Å²) in [6, 6.07) is 6.57. The number of carbonyl (C=O) groups excluding carboxylic acids is 4. The van der Waals surface area contributed by atoms with E-state index in [1.165, 1.54) is 0 Å². The van der Waals surface area contributed by atoms with E-state index in [4.69, 9.17) is 4.74 Å². The van der Waals surface area contributed by atoms with E-state index in [9.17, 15) is 19.2 Å². The van der Waals surface area contributed by atoms with Gasteiger partial charge in [0.15, 0.2) is 6.61 Å². The molecule has 9 heteroatoms. The summed E-state index contributed by atoms with van der Waals surface area (Å²) >= 11 is 0. The molecular weight excluding hydrogens is 364 g/mol. The average molecular weight is 392 g/mol. The number of hydrogen-bond acceptors (Lipinski definition) is 5. The zero-order valence-electron chi connectivity index (χ0n) is 16.6. The molecule has 0 aromatic heterocycles. The molecule has 0 fully saturated rings. The molecule has 9 nitrogen and oxygen atoms in total. The third-order valence-electron chi connectivity index (χ3n) is 3.51. The first-order valence-corrected chi connectivity index (χ1v) is 9.06. The van der Waals surface area contributed by atoms with Crippen molar-refractivity contribution in [2.24, 2.45) is 11.8 Å². The maximum Gasteiger partial charge on any atom is 0.329 e. The van der Waals surface area contributed by atoms with Crippen molar-refractivity contribution in [3.05, 3.63) is 30.3 Å². The molecule has 0 aliphatic heterocycles. The Hall–Kier alpha value is -3.10. The SMILES string of the molecule is CC(C)CNC(=O)NC(=O)COC(=O)[C@@H](NC(=O)Nc1ccccc1)C(C)C. The maximum absolute atomic E-state index is 12.2. The number of ether oxygens (including phenoxy) is 1. The van der Waals surface area contributed by atoms with E-state index in [0.29, 0.717) is 12.2 Å². The topological polar surface area (TPSA) is 126 Å². The van der Waals surface area contributed by atoms with Gasteiger partial charge in [0.05, 0.1) is 0 Å². The van der Waals surface area contributed by atoms with Crippen LogP contribution in [0.3, 0.4) is 0 Å². The Morgan fingerprint density at radius 2 is 1.61 bits per heavy atom. The van der Waals surface area contributed by atoms with Crippen LogP contribution in [0.2, 0.25) is 0 Å². The predicted molar refractivity (Wildman–Crippen MR) is 105 cm³/mol. The number of amides is 5. The summed E-state index contributed by atoms with van der Waals surface area (Å²) in [7, 11) is 0. The number of hydrogen-bond donors (Lipinski definition) is 4. The van der Waals surface area contributed by atoms with Gasteiger partial charge in [-0.1, -0.05) is 45.9 Å². The van der Waals surface area contributed by atoms with E-state index < -0.39 is 36.6 Å². The molecule has 0 bridgehead atoms. The lowest BCUT2D eigenvalue weighted by molar-refractivity contribution is -0.151. The van der Waals surface area contributed by atoms with Gasteiger partial charge in [0.1, 0.15) is 6.04 Å². The molecule has 0 heterocycles. The lowest BCUT2D eigenvalue weighted by atomic mass is 10.1. The van der Waals surface area contributed by atoms with Gasteiger partial charge in [-0.3, -0.25) is 10.1 Å². The van der Waals surface area contributed by atoms with E-state index in [0.717, 1.165) is 0 Å². The van der Waals surface area contributed by atoms with Gasteiger partial charge >= 0.3 is 18.0 Å². The summed E-state index contributed by atoms with van der Waals surface area (Å²) in [5, 5.41) is 9.71. The number of benzene rings is 1. The van der Waals surface area contributed by atoms with Gasteiger partial charge in [-0.2, -0.15) is 0 Å². The van der Waals surface area contributed by atoms with Crippen LogP contribution >= 0.6 is 0 Å². The zero-order valence-corrected chi connectivity index (χ0v) is 16.6. The lowest BCUT2D eigenvalue weighted by Crippen LogP contribution is -2.48. The van der Waals surface area contributed by atoms with Crippen LogP contribution in [0.15, 0.2) is 30.3 Å². The highest BCUT2D eigenvalue weighted by atomic mass is 16.5. The van der Waals surface area contributed by atoms with Crippen LogP contribution in [0.5, 0.6) is 0 Å². The van der Waals surface area contributed by atoms with Crippen LogP contribution in [0, 0.1) is 11.8 Å². The summed E-state index contributed by atoms with van der Waals surface area (Å²) in [5.74, 6) is -1.56. The molecule has 5 amide bonds. The van der Waals surface area contributed by atoms with Crippen molar-refractivity contribution in [3.8, 4) is 0 Å². The van der Waals surface area contributed by atoms with Crippen LogP contribution in [-0.4, -0.2) is 43.1 Å². The van der Waals surface area contributed by atoms with Gasteiger partial charge in [-0.15, -0.1) is 0 Å². The largest absolute Gasteiger partial charge is 0.454 e. The van der Waals surface area contributed by atoms with Crippen molar-refractivity contribution in [2.75, 3.05) is 18.5 Å². The first-order chi connectivity index (χ1) is 13.2. The number of rotatable bonds is 8. The smallest absolute Gasteiger partial charge is 0.329 e. The normalized spacial score (nSPS) is 11.5. The standard InChI is InChI=1S/C19H28N4O5/c1-12(2)10-20-18(26)22-15(24)11-28-17(25)16(13(3)4)23-19(27)21-14-8-6-5-7-9-14/h5-9,12-13,16H,10-11H2,1-4H3,(H2,21,23,27)(H2,20,22,24,26)/t16-/m0/s1. The highest BCUT2D eigenvalue weighted by Crippen LogP contribution is 2.07. The van der Waals surface area contributed by atoms with Gasteiger partial charge in [0.2, 0.25) is 0 Å². The molecule has 0 aliphatic rings. The van der Waals surface area contributed by atoms with Crippen molar-refractivity contribution < 1.29 is 23.9 Å². The molecular formula is C19H28N4O5. The quantitative estimate of drug-likeness (QED) is 0.503. The first kappa shape index (κ1) is 22.9. The minimum Gasteiger partial charge on any atom is -0.454 e. The van der Waals surface area contributed by atoms with E-state index in [-0.39, 0.29) is 11.8 Å². The molecule has 0 radical (unpaired) electrons. The Morgan fingerprint density at radius 3 is 2.18 bits per heavy atom. The second kappa shape index (κ2) is 11.6. The van der Waals surface area contributed by atoms with Crippen molar-refractivity contribution in [2.45, 2.75) is 33.7 Å². The molecule has 0 saturated heterocycles. The summed E-state index contributed by atoms with van der Waals surface area (Å²) in [4.78, 5) is 47.5. The Morgan fingerprint density at radius 1 is 0.964 bits per heavy atom. The molecule has 154 valence electrons. The molecule has 1 aromatic carbocycles. The summed E-state index contributed by atoms with van der Waals surface area (Å²) in [6.07, 6.45) is 0. The van der Waals surface area contributed by atoms with E-state index in [1.807, 2.05) is 19.9 Å². The highest BCUT2D eigenvalue weighted by Gasteiger charge is 2.26. The van der Waals surface area contributed by atoms with Crippen LogP contribution in [-0.2, 0) is 14.3 Å². The molecule has 0 aliphatic carbocycles. The Kier molecular flexibility index (Phi) is 9.49. The second-order valence-electron chi connectivity index (χ2n) is 6.95. The number of esters is 1. The van der Waals surface area contributed by atoms with Crippen molar-refractivity contribution in [1.82, 2.24) is 16.0 Å². The number of carbonyl (C=O) groups is 4. The number of para-hydroxylation sites is 1. The fraction of sp³-hybridized carbons (Fsp3) is 0.474. The monoisotopic (exact) mass is 392 g/mol. The van der Waals surface area contributed by atoms with Gasteiger partial charge in [-0.05, 0) is 24.0 Å². The number of anilines is 1. The predicted octanol–water partition coefficient (Wildman–Crippen LogP) is 1.86. The molecule has 1 atom stereocenters. The fourth-order valence-corrected chi connectivity index (χ4v) is 2.06. The number of nitrogens with one attached hydrogen (secondary N) is 4. The number of imide groups is 1. The summed E-state index contributed by atoms with van der Waals surface area (Å²) in [5.41, 5.74) is 0.572. The fourth-order valence-electron chi connectivity index (χ4n) is 2.06. The van der Waals surface area contributed by atoms with Gasteiger partial charge < -0.3 is 20.7 Å². The molecule has 4 N–H and O–H groups in total. The van der Waals surface area contributed by atoms with Crippen molar-refractivity contribution >= 4 is 29.6 Å². The maximum atomic E-state index is 12.2. The van der Waals surface area contributed by atoms with E-state index >= 15 is 0 Å². The Bertz CT molecular complexity index is 676. The van der Waals surface area contributed by atoms with Gasteiger partial charge in [0, 0.05) is 12.2 Å². The van der Waals surface area contributed by atoms with Gasteiger partial charge in [0.25, 0.3) is 5.91 Å². The molecule has 1 rings (SSSR count). The Balaban J connectivity index is 2.48. The lowest BCUT2D eigenvalue weighted by Gasteiger charge is -2.21. The van der Waals surface area contributed by atoms with Gasteiger partial charge in [-0.25, -0.2) is 14.4 Å².